The van der Waals surface area contributed by atoms with Crippen molar-refractivity contribution in [1.82, 2.24) is 15.0 Å². The summed E-state index contributed by atoms with van der Waals surface area (Å²) in [5, 5.41) is 2.64. The van der Waals surface area contributed by atoms with Crippen molar-refractivity contribution >= 4 is 33.4 Å². The fourth-order valence-corrected chi connectivity index (χ4v) is 3.51. The molecule has 1 aliphatic carbocycles. The summed E-state index contributed by atoms with van der Waals surface area (Å²) in [4.78, 5) is 37.8. The van der Waals surface area contributed by atoms with Gasteiger partial charge in [-0.25, -0.2) is 4.98 Å². The zero-order valence-electron chi connectivity index (χ0n) is 14.4. The van der Waals surface area contributed by atoms with Crippen molar-refractivity contribution in [2.75, 3.05) is 0 Å². The van der Waals surface area contributed by atoms with Gasteiger partial charge in [0, 0.05) is 35.7 Å². The van der Waals surface area contributed by atoms with E-state index in [2.05, 4.69) is 15.0 Å². The Balaban J connectivity index is 1.79. The molecule has 0 spiro atoms. The Kier molecular flexibility index (Phi) is 3.27. The zero-order chi connectivity index (χ0) is 18.5. The summed E-state index contributed by atoms with van der Waals surface area (Å²) in [6, 6.07) is 11.3. The number of fused-ring (bicyclic) bond motifs is 4. The highest BCUT2D eigenvalue weighted by atomic mass is 16.5. The van der Waals surface area contributed by atoms with E-state index in [-0.39, 0.29) is 18.4 Å². The first kappa shape index (κ1) is 15.6. The van der Waals surface area contributed by atoms with Crippen LogP contribution in [-0.2, 0) is 16.1 Å². The van der Waals surface area contributed by atoms with Gasteiger partial charge in [-0.1, -0.05) is 18.2 Å². The lowest BCUT2D eigenvalue weighted by Gasteiger charge is -2.19. The number of pyridine rings is 3. The van der Waals surface area contributed by atoms with E-state index in [1.807, 2.05) is 30.3 Å². The van der Waals surface area contributed by atoms with Crippen molar-refractivity contribution in [3.8, 4) is 11.4 Å². The summed E-state index contributed by atoms with van der Waals surface area (Å²) in [5.74, 6) is -0.581. The van der Waals surface area contributed by atoms with E-state index in [1.54, 1.807) is 18.5 Å². The molecule has 0 radical (unpaired) electrons. The van der Waals surface area contributed by atoms with Crippen LogP contribution >= 0.6 is 0 Å². The minimum absolute atomic E-state index is 0.0680. The number of esters is 1. The van der Waals surface area contributed by atoms with Gasteiger partial charge in [0.1, 0.15) is 18.0 Å². The fourth-order valence-electron chi connectivity index (χ4n) is 3.51. The number of ketones is 1. The van der Waals surface area contributed by atoms with Crippen LogP contribution in [0.1, 0.15) is 28.5 Å². The molecule has 6 heteroatoms. The minimum atomic E-state index is -0.385. The summed E-state index contributed by atoms with van der Waals surface area (Å²) in [5.41, 5.74) is 3.39. The molecule has 1 aromatic carbocycles. The highest BCUT2D eigenvalue weighted by Gasteiger charge is 2.29. The third kappa shape index (κ3) is 2.30. The molecule has 130 valence electrons. The Hall–Kier alpha value is -3.67. The molecular weight excluding hydrogens is 342 g/mol. The maximum Gasteiger partial charge on any atom is 0.302 e. The number of nitrogens with zero attached hydrogens (tertiary/aromatic N) is 3. The van der Waals surface area contributed by atoms with Crippen molar-refractivity contribution in [2.45, 2.75) is 13.5 Å². The molecule has 0 aliphatic heterocycles. The first-order valence-electron chi connectivity index (χ1n) is 8.48. The van der Waals surface area contributed by atoms with Gasteiger partial charge in [0.05, 0.1) is 16.8 Å². The van der Waals surface area contributed by atoms with Crippen LogP contribution in [0, 0.1) is 0 Å². The van der Waals surface area contributed by atoms with Crippen molar-refractivity contribution < 1.29 is 14.3 Å². The van der Waals surface area contributed by atoms with Gasteiger partial charge >= 0.3 is 5.97 Å². The zero-order valence-corrected chi connectivity index (χ0v) is 14.4. The van der Waals surface area contributed by atoms with E-state index >= 15 is 0 Å². The summed E-state index contributed by atoms with van der Waals surface area (Å²) >= 11 is 0. The number of benzene rings is 1. The van der Waals surface area contributed by atoms with Crippen LogP contribution in [0.4, 0.5) is 0 Å². The van der Waals surface area contributed by atoms with Gasteiger partial charge in [0.2, 0.25) is 5.78 Å². The van der Waals surface area contributed by atoms with Gasteiger partial charge in [-0.05, 0) is 23.6 Å². The lowest BCUT2D eigenvalue weighted by Crippen LogP contribution is -2.15. The van der Waals surface area contributed by atoms with E-state index in [0.717, 1.165) is 21.7 Å². The summed E-state index contributed by atoms with van der Waals surface area (Å²) < 4.78 is 5.02. The second-order valence-corrected chi connectivity index (χ2v) is 6.41. The number of carbonyl (C=O) groups excluding carboxylic acids is 2. The first-order valence-corrected chi connectivity index (χ1v) is 8.48. The quantitative estimate of drug-likeness (QED) is 0.356. The molecule has 1 aliphatic rings. The van der Waals surface area contributed by atoms with Crippen LogP contribution in [-0.4, -0.2) is 26.7 Å². The maximum absolute atomic E-state index is 13.2. The summed E-state index contributed by atoms with van der Waals surface area (Å²) in [7, 11) is 0. The number of carbonyl (C=O) groups is 2. The average molecular weight is 355 g/mol. The molecule has 0 bridgehead atoms. The topological polar surface area (TPSA) is 82.0 Å². The Morgan fingerprint density at radius 1 is 1.04 bits per heavy atom. The Labute approximate surface area is 153 Å². The van der Waals surface area contributed by atoms with Crippen molar-refractivity contribution in [3.63, 3.8) is 0 Å². The summed E-state index contributed by atoms with van der Waals surface area (Å²) in [6.07, 6.45) is 3.33. The van der Waals surface area contributed by atoms with Crippen molar-refractivity contribution in [1.29, 1.82) is 0 Å². The second-order valence-electron chi connectivity index (χ2n) is 6.41. The summed E-state index contributed by atoms with van der Waals surface area (Å²) in [6.45, 7) is 1.41. The average Bonchev–Trinajstić information content (AvgIpc) is 2.70. The number of hydrogen-bond donors (Lipinski definition) is 0. The largest absolute Gasteiger partial charge is 0.461 e. The maximum atomic E-state index is 13.2. The normalized spacial score (nSPS) is 12.3. The molecular formula is C21H13N3O3. The van der Waals surface area contributed by atoms with Crippen LogP contribution in [0.25, 0.3) is 33.1 Å². The number of para-hydroxylation sites is 1. The van der Waals surface area contributed by atoms with Gasteiger partial charge < -0.3 is 4.74 Å². The van der Waals surface area contributed by atoms with Gasteiger partial charge in [0.25, 0.3) is 0 Å². The van der Waals surface area contributed by atoms with E-state index in [9.17, 15) is 9.59 Å². The van der Waals surface area contributed by atoms with Gasteiger partial charge in [0.15, 0.2) is 0 Å². The van der Waals surface area contributed by atoms with Crippen LogP contribution in [0.5, 0.6) is 0 Å². The van der Waals surface area contributed by atoms with E-state index in [0.29, 0.717) is 28.2 Å². The van der Waals surface area contributed by atoms with Gasteiger partial charge in [-0.2, -0.15) is 0 Å². The predicted molar refractivity (Wildman–Crippen MR) is 99.2 cm³/mol. The molecule has 0 N–H and O–H groups in total. The molecule has 5 rings (SSSR count). The lowest BCUT2D eigenvalue weighted by molar-refractivity contribution is -0.142. The Bertz CT molecular complexity index is 1280. The monoisotopic (exact) mass is 355 g/mol. The van der Waals surface area contributed by atoms with Crippen LogP contribution in [0.3, 0.4) is 0 Å². The fraction of sp³-hybridized carbons (Fsp3) is 0.0952. The number of hydrogen-bond acceptors (Lipinski definition) is 6. The molecule has 0 amide bonds. The SMILES string of the molecule is CC(=O)OCc1cnc2c(c1)C(=O)c1nc3ccccc3c3ccnc-2c13. The van der Waals surface area contributed by atoms with Crippen molar-refractivity contribution in [2.24, 2.45) is 0 Å². The third-order valence-electron chi connectivity index (χ3n) is 4.68. The standard InChI is InChI=1S/C21H13N3O3/c1-11(25)27-10-12-8-15-18(23-9-12)19-17-14(6-7-22-19)13-4-2-3-5-16(13)24-20(17)21(15)26/h2-9H,10H2,1H3. The number of ether oxygens (including phenoxy) is 1. The van der Waals surface area contributed by atoms with Crippen molar-refractivity contribution in [3.05, 3.63) is 65.6 Å². The highest BCUT2D eigenvalue weighted by molar-refractivity contribution is 6.27. The highest BCUT2D eigenvalue weighted by Crippen LogP contribution is 2.38. The molecule has 27 heavy (non-hydrogen) atoms. The van der Waals surface area contributed by atoms with E-state index < -0.39 is 0 Å². The predicted octanol–water partition coefficient (Wildman–Crippen LogP) is 3.45. The molecule has 0 atom stereocenters. The Morgan fingerprint density at radius 3 is 2.74 bits per heavy atom. The Morgan fingerprint density at radius 2 is 1.89 bits per heavy atom. The molecule has 0 fully saturated rings. The minimum Gasteiger partial charge on any atom is -0.461 e. The number of rotatable bonds is 2. The van der Waals surface area contributed by atoms with Crippen LogP contribution in [0.2, 0.25) is 0 Å². The van der Waals surface area contributed by atoms with Gasteiger partial charge in [-0.3, -0.25) is 19.6 Å². The smallest absolute Gasteiger partial charge is 0.302 e. The van der Waals surface area contributed by atoms with Gasteiger partial charge in [-0.15, -0.1) is 0 Å². The number of aromatic nitrogens is 3. The first-order chi connectivity index (χ1) is 13.1. The van der Waals surface area contributed by atoms with Crippen LogP contribution in [0.15, 0.2) is 48.8 Å². The van der Waals surface area contributed by atoms with E-state index in [1.165, 1.54) is 6.92 Å². The molecule has 3 heterocycles. The van der Waals surface area contributed by atoms with E-state index in [4.69, 9.17) is 4.74 Å². The third-order valence-corrected chi connectivity index (χ3v) is 4.68. The van der Waals surface area contributed by atoms with Crippen LogP contribution < -0.4 is 0 Å². The molecule has 0 unspecified atom stereocenters. The molecule has 0 saturated heterocycles. The molecule has 0 saturated carbocycles. The molecule has 3 aromatic heterocycles. The molecule has 6 nitrogen and oxygen atoms in total. The second kappa shape index (κ2) is 5.67. The molecule has 4 aromatic rings. The lowest BCUT2D eigenvalue weighted by atomic mass is 9.90.